The summed E-state index contributed by atoms with van der Waals surface area (Å²) in [7, 11) is 1.58. The van der Waals surface area contributed by atoms with E-state index in [2.05, 4.69) is 5.32 Å². The monoisotopic (exact) mass is 209 g/mol. The summed E-state index contributed by atoms with van der Waals surface area (Å²) < 4.78 is 4.99. The predicted octanol–water partition coefficient (Wildman–Crippen LogP) is 1.40. The second-order valence-electron chi connectivity index (χ2n) is 3.33. The number of anilines is 1. The second-order valence-corrected chi connectivity index (χ2v) is 3.33. The van der Waals surface area contributed by atoms with Crippen molar-refractivity contribution in [2.45, 2.75) is 19.4 Å². The topological polar surface area (TPSA) is 58.6 Å². The van der Waals surface area contributed by atoms with Crippen LogP contribution in [0, 0.1) is 0 Å². The molecule has 0 bridgehead atoms. The molecule has 0 aliphatic carbocycles. The van der Waals surface area contributed by atoms with Gasteiger partial charge in [0, 0.05) is 5.69 Å². The third kappa shape index (κ3) is 3.99. The zero-order valence-corrected chi connectivity index (χ0v) is 8.86. The van der Waals surface area contributed by atoms with Crippen molar-refractivity contribution in [2.24, 2.45) is 0 Å². The molecule has 4 heteroatoms. The summed E-state index contributed by atoms with van der Waals surface area (Å²) in [5, 5.41) is 11.7. The van der Waals surface area contributed by atoms with Gasteiger partial charge in [0.1, 0.15) is 5.75 Å². The summed E-state index contributed by atoms with van der Waals surface area (Å²) in [6.45, 7) is 1.58. The first-order valence-corrected chi connectivity index (χ1v) is 4.74. The highest BCUT2D eigenvalue weighted by molar-refractivity contribution is 5.90. The first kappa shape index (κ1) is 11.5. The van der Waals surface area contributed by atoms with Gasteiger partial charge in [0.05, 0.1) is 19.6 Å². The Morgan fingerprint density at radius 1 is 1.47 bits per heavy atom. The standard InChI is InChI=1S/C11H15NO3/c1-8(13)7-11(14)12-9-3-5-10(15-2)6-4-9/h3-6,8,13H,7H2,1-2H3,(H,12,14)/t8-/m1/s1. The number of hydrogen-bond acceptors (Lipinski definition) is 3. The molecule has 0 aliphatic heterocycles. The zero-order valence-electron chi connectivity index (χ0n) is 8.86. The van der Waals surface area contributed by atoms with Crippen molar-refractivity contribution in [1.29, 1.82) is 0 Å². The fraction of sp³-hybridized carbons (Fsp3) is 0.364. The van der Waals surface area contributed by atoms with Crippen molar-refractivity contribution in [3.63, 3.8) is 0 Å². The quantitative estimate of drug-likeness (QED) is 0.788. The summed E-state index contributed by atoms with van der Waals surface area (Å²) in [6, 6.07) is 7.02. The van der Waals surface area contributed by atoms with Gasteiger partial charge < -0.3 is 15.2 Å². The first-order chi connectivity index (χ1) is 7.11. The maximum atomic E-state index is 11.3. The second kappa shape index (κ2) is 5.36. The Morgan fingerprint density at radius 3 is 2.53 bits per heavy atom. The molecule has 15 heavy (non-hydrogen) atoms. The number of aliphatic hydroxyl groups is 1. The average Bonchev–Trinajstić information content (AvgIpc) is 2.17. The predicted molar refractivity (Wildman–Crippen MR) is 57.9 cm³/mol. The molecule has 1 amide bonds. The average molecular weight is 209 g/mol. The molecule has 1 rings (SSSR count). The molecule has 0 aromatic heterocycles. The molecule has 0 aliphatic rings. The van der Waals surface area contributed by atoms with E-state index in [0.717, 1.165) is 5.75 Å². The minimum atomic E-state index is -0.622. The van der Waals surface area contributed by atoms with Crippen LogP contribution in [0.1, 0.15) is 13.3 Å². The largest absolute Gasteiger partial charge is 0.497 e. The van der Waals surface area contributed by atoms with Gasteiger partial charge in [-0.15, -0.1) is 0 Å². The van der Waals surface area contributed by atoms with Gasteiger partial charge in [-0.3, -0.25) is 4.79 Å². The van der Waals surface area contributed by atoms with Gasteiger partial charge in [0.2, 0.25) is 5.91 Å². The van der Waals surface area contributed by atoms with Crippen LogP contribution in [-0.4, -0.2) is 24.2 Å². The molecule has 0 fully saturated rings. The molecule has 0 heterocycles. The number of amides is 1. The van der Waals surface area contributed by atoms with Gasteiger partial charge in [-0.05, 0) is 31.2 Å². The fourth-order valence-electron chi connectivity index (χ4n) is 1.15. The Hall–Kier alpha value is -1.55. The maximum Gasteiger partial charge on any atom is 0.226 e. The van der Waals surface area contributed by atoms with Gasteiger partial charge in [0.25, 0.3) is 0 Å². The number of hydrogen-bond donors (Lipinski definition) is 2. The van der Waals surface area contributed by atoms with E-state index in [9.17, 15) is 4.79 Å². The lowest BCUT2D eigenvalue weighted by Crippen LogP contribution is -2.17. The van der Waals surface area contributed by atoms with E-state index in [1.54, 1.807) is 38.3 Å². The molecule has 0 radical (unpaired) electrons. The summed E-state index contributed by atoms with van der Waals surface area (Å²) in [4.78, 5) is 11.3. The van der Waals surface area contributed by atoms with Crippen molar-refractivity contribution < 1.29 is 14.6 Å². The highest BCUT2D eigenvalue weighted by Crippen LogP contribution is 2.15. The molecule has 1 aromatic rings. The number of benzene rings is 1. The van der Waals surface area contributed by atoms with Crippen molar-refractivity contribution >= 4 is 11.6 Å². The molecule has 0 saturated carbocycles. The van der Waals surface area contributed by atoms with Crippen LogP contribution in [-0.2, 0) is 4.79 Å². The lowest BCUT2D eigenvalue weighted by Gasteiger charge is -2.07. The molecule has 0 spiro atoms. The minimum Gasteiger partial charge on any atom is -0.497 e. The number of aliphatic hydroxyl groups excluding tert-OH is 1. The van der Waals surface area contributed by atoms with Gasteiger partial charge >= 0.3 is 0 Å². The van der Waals surface area contributed by atoms with Crippen LogP contribution >= 0.6 is 0 Å². The third-order valence-electron chi connectivity index (χ3n) is 1.85. The van der Waals surface area contributed by atoms with E-state index in [-0.39, 0.29) is 12.3 Å². The summed E-state index contributed by atoms with van der Waals surface area (Å²) in [5.41, 5.74) is 0.696. The van der Waals surface area contributed by atoms with E-state index < -0.39 is 6.10 Å². The highest BCUT2D eigenvalue weighted by Gasteiger charge is 2.05. The van der Waals surface area contributed by atoms with Crippen molar-refractivity contribution in [2.75, 3.05) is 12.4 Å². The SMILES string of the molecule is COc1ccc(NC(=O)C[C@@H](C)O)cc1. The van der Waals surface area contributed by atoms with E-state index in [1.807, 2.05) is 0 Å². The molecule has 1 atom stereocenters. The molecule has 4 nitrogen and oxygen atoms in total. The maximum absolute atomic E-state index is 11.3. The summed E-state index contributed by atoms with van der Waals surface area (Å²) >= 11 is 0. The number of rotatable bonds is 4. The van der Waals surface area contributed by atoms with Crippen LogP contribution in [0.2, 0.25) is 0 Å². The summed E-state index contributed by atoms with van der Waals surface area (Å²) in [5.74, 6) is 0.540. The molecule has 2 N–H and O–H groups in total. The van der Waals surface area contributed by atoms with E-state index in [4.69, 9.17) is 9.84 Å². The van der Waals surface area contributed by atoms with Gasteiger partial charge in [-0.25, -0.2) is 0 Å². The Balaban J connectivity index is 2.53. The van der Waals surface area contributed by atoms with Gasteiger partial charge in [-0.2, -0.15) is 0 Å². The number of ether oxygens (including phenoxy) is 1. The van der Waals surface area contributed by atoms with E-state index in [0.29, 0.717) is 5.69 Å². The Morgan fingerprint density at radius 2 is 2.07 bits per heavy atom. The van der Waals surface area contributed by atoms with E-state index >= 15 is 0 Å². The van der Waals surface area contributed by atoms with Crippen LogP contribution in [0.15, 0.2) is 24.3 Å². The van der Waals surface area contributed by atoms with Crippen molar-refractivity contribution in [1.82, 2.24) is 0 Å². The third-order valence-corrected chi connectivity index (χ3v) is 1.85. The molecule has 1 aromatic carbocycles. The lowest BCUT2D eigenvalue weighted by atomic mass is 10.2. The number of nitrogens with one attached hydrogen (secondary N) is 1. The fourth-order valence-corrected chi connectivity index (χ4v) is 1.15. The summed E-state index contributed by atoms with van der Waals surface area (Å²) in [6.07, 6.45) is -0.519. The van der Waals surface area contributed by atoms with Crippen LogP contribution in [0.3, 0.4) is 0 Å². The van der Waals surface area contributed by atoms with E-state index in [1.165, 1.54) is 0 Å². The molecule has 0 unspecified atom stereocenters. The van der Waals surface area contributed by atoms with Crippen molar-refractivity contribution in [3.8, 4) is 5.75 Å². The number of carbonyl (C=O) groups excluding carboxylic acids is 1. The first-order valence-electron chi connectivity index (χ1n) is 4.74. The van der Waals surface area contributed by atoms with Crippen LogP contribution < -0.4 is 10.1 Å². The van der Waals surface area contributed by atoms with Gasteiger partial charge in [-0.1, -0.05) is 0 Å². The van der Waals surface area contributed by atoms with Crippen LogP contribution in [0.4, 0.5) is 5.69 Å². The molecule has 0 saturated heterocycles. The van der Waals surface area contributed by atoms with Crippen molar-refractivity contribution in [3.05, 3.63) is 24.3 Å². The van der Waals surface area contributed by atoms with Crippen LogP contribution in [0.25, 0.3) is 0 Å². The smallest absolute Gasteiger partial charge is 0.226 e. The molecular weight excluding hydrogens is 194 g/mol. The molecule has 82 valence electrons. The van der Waals surface area contributed by atoms with Crippen LogP contribution in [0.5, 0.6) is 5.75 Å². The number of methoxy groups -OCH3 is 1. The normalized spacial score (nSPS) is 11.9. The minimum absolute atomic E-state index is 0.103. The Kier molecular flexibility index (Phi) is 4.12. The lowest BCUT2D eigenvalue weighted by molar-refractivity contribution is -0.117. The molecular formula is C11H15NO3. The Bertz CT molecular complexity index is 319. The van der Waals surface area contributed by atoms with Gasteiger partial charge in [0.15, 0.2) is 0 Å². The zero-order chi connectivity index (χ0) is 11.3. The number of carbonyl (C=O) groups is 1. The highest BCUT2D eigenvalue weighted by atomic mass is 16.5. The Labute approximate surface area is 88.9 Å².